The second kappa shape index (κ2) is 7.48. The Morgan fingerprint density at radius 1 is 1.19 bits per heavy atom. The maximum atomic E-state index is 12.4. The molecule has 27 heavy (non-hydrogen) atoms. The van der Waals surface area contributed by atoms with Crippen molar-refractivity contribution in [2.75, 3.05) is 11.9 Å². The molecule has 9 heteroatoms. The molecule has 2 amide bonds. The van der Waals surface area contributed by atoms with E-state index in [-0.39, 0.29) is 11.7 Å². The number of hydrogen-bond donors (Lipinski definition) is 1. The van der Waals surface area contributed by atoms with E-state index in [0.717, 1.165) is 23.4 Å². The molecule has 0 spiro atoms. The lowest BCUT2D eigenvalue weighted by Gasteiger charge is -2.14. The molecule has 3 rings (SSSR count). The second-order valence-corrected chi connectivity index (χ2v) is 6.41. The number of alkyl halides is 3. The van der Waals surface area contributed by atoms with Gasteiger partial charge >= 0.3 is 12.4 Å². The van der Waals surface area contributed by atoms with E-state index in [1.54, 1.807) is 12.1 Å². The largest absolute Gasteiger partial charge is 0.573 e. The second-order valence-electron chi connectivity index (χ2n) is 5.98. The molecule has 0 aliphatic carbocycles. The molecular formula is C18H15ClF3N3O2. The van der Waals surface area contributed by atoms with Gasteiger partial charge in [0.05, 0.1) is 12.3 Å². The molecule has 1 aliphatic rings. The van der Waals surface area contributed by atoms with Crippen LogP contribution in [0.4, 0.5) is 23.7 Å². The Hall–Kier alpha value is -2.74. The fraction of sp³-hybridized carbons (Fsp3) is 0.222. The van der Waals surface area contributed by atoms with Gasteiger partial charge in [-0.25, -0.2) is 9.80 Å². The number of urea groups is 1. The summed E-state index contributed by atoms with van der Waals surface area (Å²) in [5, 5.41) is 8.85. The average Bonchev–Trinajstić information content (AvgIpc) is 2.98. The summed E-state index contributed by atoms with van der Waals surface area (Å²) in [7, 11) is 0. The van der Waals surface area contributed by atoms with Crippen molar-refractivity contribution in [1.29, 1.82) is 0 Å². The molecule has 1 N–H and O–H groups in total. The van der Waals surface area contributed by atoms with E-state index < -0.39 is 12.4 Å². The van der Waals surface area contributed by atoms with E-state index in [2.05, 4.69) is 15.2 Å². The van der Waals surface area contributed by atoms with Gasteiger partial charge in [0.15, 0.2) is 0 Å². The Morgan fingerprint density at radius 2 is 1.81 bits per heavy atom. The van der Waals surface area contributed by atoms with Gasteiger partial charge in [0, 0.05) is 16.6 Å². The van der Waals surface area contributed by atoms with E-state index in [0.29, 0.717) is 17.3 Å². The van der Waals surface area contributed by atoms with Gasteiger partial charge in [0.2, 0.25) is 0 Å². The fourth-order valence-corrected chi connectivity index (χ4v) is 2.76. The van der Waals surface area contributed by atoms with Crippen LogP contribution in [0.2, 0.25) is 5.02 Å². The van der Waals surface area contributed by atoms with E-state index in [1.165, 1.54) is 17.1 Å². The number of halogens is 4. The number of benzene rings is 2. The third kappa shape index (κ3) is 4.91. The summed E-state index contributed by atoms with van der Waals surface area (Å²) in [6.07, 6.45) is -4.76. The maximum Gasteiger partial charge on any atom is 0.573 e. The molecule has 1 aliphatic heterocycles. The summed E-state index contributed by atoms with van der Waals surface area (Å²) in [5.74, 6) is -0.335. The standard InChI is InChI=1S/C18H15ClF3N3O2/c1-11-10-25(24-16(11)12-2-4-13(19)5-3-12)17(26)23-14-6-8-15(9-7-14)27-18(20,21)22/h2-9,11H,10H2,1H3,(H,23,26). The molecule has 0 saturated heterocycles. The molecule has 0 radical (unpaired) electrons. The molecule has 5 nitrogen and oxygen atoms in total. The summed E-state index contributed by atoms with van der Waals surface area (Å²) in [6, 6.07) is 11.6. The van der Waals surface area contributed by atoms with Crippen molar-refractivity contribution in [3.63, 3.8) is 0 Å². The molecule has 0 bridgehead atoms. The minimum atomic E-state index is -4.76. The number of anilines is 1. The summed E-state index contributed by atoms with van der Waals surface area (Å²) >= 11 is 5.88. The molecule has 1 atom stereocenters. The van der Waals surface area contributed by atoms with Crippen LogP contribution in [0.25, 0.3) is 0 Å². The SMILES string of the molecule is CC1CN(C(=O)Nc2ccc(OC(F)(F)F)cc2)N=C1c1ccc(Cl)cc1. The van der Waals surface area contributed by atoms with E-state index >= 15 is 0 Å². The zero-order valence-corrected chi connectivity index (χ0v) is 14.9. The van der Waals surface area contributed by atoms with Gasteiger partial charge in [-0.15, -0.1) is 13.2 Å². The van der Waals surface area contributed by atoms with Crippen LogP contribution in [0.3, 0.4) is 0 Å². The van der Waals surface area contributed by atoms with E-state index in [1.807, 2.05) is 19.1 Å². The van der Waals surface area contributed by atoms with Gasteiger partial charge in [-0.2, -0.15) is 5.10 Å². The predicted octanol–water partition coefficient (Wildman–Crippen LogP) is 5.13. The Labute approximate surface area is 158 Å². The molecule has 142 valence electrons. The van der Waals surface area contributed by atoms with Crippen LogP contribution < -0.4 is 10.1 Å². The zero-order valence-electron chi connectivity index (χ0n) is 14.1. The molecule has 0 saturated carbocycles. The highest BCUT2D eigenvalue weighted by molar-refractivity contribution is 6.30. The quantitative estimate of drug-likeness (QED) is 0.780. The van der Waals surface area contributed by atoms with Crippen LogP contribution in [0.15, 0.2) is 53.6 Å². The number of rotatable bonds is 3. The van der Waals surface area contributed by atoms with Crippen molar-refractivity contribution < 1.29 is 22.7 Å². The molecule has 0 aromatic heterocycles. The van der Waals surface area contributed by atoms with Crippen LogP contribution in [-0.2, 0) is 0 Å². The number of carbonyl (C=O) groups excluding carboxylic acids is 1. The van der Waals surface area contributed by atoms with Crippen LogP contribution in [0.5, 0.6) is 5.75 Å². The predicted molar refractivity (Wildman–Crippen MR) is 96.0 cm³/mol. The molecule has 2 aromatic carbocycles. The van der Waals surface area contributed by atoms with Gasteiger partial charge < -0.3 is 10.1 Å². The van der Waals surface area contributed by atoms with Gasteiger partial charge in [0.1, 0.15) is 5.75 Å². The highest BCUT2D eigenvalue weighted by atomic mass is 35.5. The van der Waals surface area contributed by atoms with Crippen molar-refractivity contribution >= 4 is 29.0 Å². The average molecular weight is 398 g/mol. The van der Waals surface area contributed by atoms with Gasteiger partial charge in [-0.05, 0) is 42.0 Å². The van der Waals surface area contributed by atoms with Crippen molar-refractivity contribution in [2.24, 2.45) is 11.0 Å². The zero-order chi connectivity index (χ0) is 19.6. The number of hydrogen-bond acceptors (Lipinski definition) is 3. The molecule has 1 unspecified atom stereocenters. The summed E-state index contributed by atoms with van der Waals surface area (Å²) in [5.41, 5.74) is 1.96. The lowest BCUT2D eigenvalue weighted by molar-refractivity contribution is -0.274. The highest BCUT2D eigenvalue weighted by Crippen LogP contribution is 2.25. The van der Waals surface area contributed by atoms with Crippen molar-refractivity contribution in [3.05, 3.63) is 59.1 Å². The van der Waals surface area contributed by atoms with Crippen LogP contribution in [0, 0.1) is 5.92 Å². The normalized spacial score (nSPS) is 16.9. The first-order chi connectivity index (χ1) is 12.7. The first-order valence-electron chi connectivity index (χ1n) is 8.00. The number of amides is 2. The number of nitrogens with one attached hydrogen (secondary N) is 1. The third-order valence-corrected chi connectivity index (χ3v) is 4.11. The fourth-order valence-electron chi connectivity index (χ4n) is 2.63. The summed E-state index contributed by atoms with van der Waals surface area (Å²) < 4.78 is 40.3. The molecule has 0 fully saturated rings. The van der Waals surface area contributed by atoms with Gasteiger partial charge in [-0.1, -0.05) is 30.7 Å². The summed E-state index contributed by atoms with van der Waals surface area (Å²) in [4.78, 5) is 12.4. The molecule has 1 heterocycles. The summed E-state index contributed by atoms with van der Waals surface area (Å²) in [6.45, 7) is 2.34. The lowest BCUT2D eigenvalue weighted by atomic mass is 10.00. The van der Waals surface area contributed by atoms with Gasteiger partial charge in [0.25, 0.3) is 0 Å². The van der Waals surface area contributed by atoms with Crippen LogP contribution in [0.1, 0.15) is 12.5 Å². The first-order valence-corrected chi connectivity index (χ1v) is 8.38. The number of ether oxygens (including phenoxy) is 1. The van der Waals surface area contributed by atoms with Crippen molar-refractivity contribution in [1.82, 2.24) is 5.01 Å². The Bertz CT molecular complexity index is 852. The number of carbonyl (C=O) groups is 1. The van der Waals surface area contributed by atoms with Crippen LogP contribution in [-0.4, -0.2) is 29.7 Å². The van der Waals surface area contributed by atoms with Crippen molar-refractivity contribution in [3.8, 4) is 5.75 Å². The maximum absolute atomic E-state index is 12.4. The highest BCUT2D eigenvalue weighted by Gasteiger charge is 2.31. The Balaban J connectivity index is 1.67. The number of hydrazone groups is 1. The first kappa shape index (κ1) is 19.0. The monoisotopic (exact) mass is 397 g/mol. The van der Waals surface area contributed by atoms with Gasteiger partial charge in [-0.3, -0.25) is 0 Å². The van der Waals surface area contributed by atoms with E-state index in [9.17, 15) is 18.0 Å². The topological polar surface area (TPSA) is 53.9 Å². The van der Waals surface area contributed by atoms with E-state index in [4.69, 9.17) is 11.6 Å². The van der Waals surface area contributed by atoms with Crippen molar-refractivity contribution in [2.45, 2.75) is 13.3 Å². The molecular weight excluding hydrogens is 383 g/mol. The van der Waals surface area contributed by atoms with Crippen LogP contribution >= 0.6 is 11.6 Å². The minimum Gasteiger partial charge on any atom is -0.406 e. The smallest absolute Gasteiger partial charge is 0.406 e. The minimum absolute atomic E-state index is 0.0273. The lowest BCUT2D eigenvalue weighted by Crippen LogP contribution is -2.30. The molecule has 2 aromatic rings. The third-order valence-electron chi connectivity index (χ3n) is 3.86. The Morgan fingerprint density at radius 3 is 2.41 bits per heavy atom. The Kier molecular flexibility index (Phi) is 5.27. The number of nitrogens with zero attached hydrogens (tertiary/aromatic N) is 2.